The molecular weight excluding hydrogens is 200 g/mol. The van der Waals surface area contributed by atoms with E-state index in [0.29, 0.717) is 12.0 Å². The Hall–Kier alpha value is -0.570. The van der Waals surface area contributed by atoms with Crippen LogP contribution >= 0.6 is 0 Å². The Morgan fingerprint density at radius 3 is 2.38 bits per heavy atom. The second kappa shape index (κ2) is 6.24. The summed E-state index contributed by atoms with van der Waals surface area (Å²) in [6.45, 7) is 9.09. The molecule has 1 aliphatic carbocycles. The Labute approximate surface area is 99.4 Å². The van der Waals surface area contributed by atoms with Gasteiger partial charge in [0.25, 0.3) is 0 Å². The van der Waals surface area contributed by atoms with Crippen LogP contribution in [0.2, 0.25) is 0 Å². The molecular formula is C13H26N2O. The summed E-state index contributed by atoms with van der Waals surface area (Å²) in [5, 5.41) is 6.32. The third kappa shape index (κ3) is 5.50. The highest BCUT2D eigenvalue weighted by atomic mass is 16.2. The fraction of sp³-hybridized carbons (Fsp3) is 0.923. The number of rotatable bonds is 7. The van der Waals surface area contributed by atoms with Gasteiger partial charge in [-0.2, -0.15) is 0 Å². The van der Waals surface area contributed by atoms with Gasteiger partial charge >= 0.3 is 0 Å². The highest BCUT2D eigenvalue weighted by molar-refractivity contribution is 5.81. The monoisotopic (exact) mass is 226 g/mol. The first-order valence-corrected chi connectivity index (χ1v) is 6.52. The first-order chi connectivity index (χ1) is 7.49. The van der Waals surface area contributed by atoms with Crippen LogP contribution in [-0.2, 0) is 4.79 Å². The van der Waals surface area contributed by atoms with Gasteiger partial charge in [0.05, 0.1) is 6.04 Å². The fourth-order valence-corrected chi connectivity index (χ4v) is 1.88. The van der Waals surface area contributed by atoms with Gasteiger partial charge in [0.2, 0.25) is 5.91 Å². The molecule has 3 heteroatoms. The number of carbonyl (C=O) groups excluding carboxylic acids is 1. The Morgan fingerprint density at radius 1 is 1.25 bits per heavy atom. The molecule has 0 heterocycles. The second-order valence-corrected chi connectivity index (χ2v) is 5.61. The second-order valence-electron chi connectivity index (χ2n) is 5.61. The van der Waals surface area contributed by atoms with Crippen LogP contribution in [0.25, 0.3) is 0 Å². The molecule has 94 valence electrons. The van der Waals surface area contributed by atoms with Gasteiger partial charge in [-0.15, -0.1) is 0 Å². The van der Waals surface area contributed by atoms with E-state index in [2.05, 4.69) is 31.4 Å². The Bertz CT molecular complexity index is 224. The number of nitrogens with one attached hydrogen (secondary N) is 2. The zero-order valence-electron chi connectivity index (χ0n) is 11.0. The largest absolute Gasteiger partial charge is 0.354 e. The average Bonchev–Trinajstić information content (AvgIpc) is 2.97. The summed E-state index contributed by atoms with van der Waals surface area (Å²) >= 11 is 0. The van der Waals surface area contributed by atoms with Crippen molar-refractivity contribution in [2.24, 2.45) is 11.8 Å². The molecule has 0 radical (unpaired) electrons. The lowest BCUT2D eigenvalue weighted by Gasteiger charge is -2.20. The molecule has 0 aliphatic heterocycles. The van der Waals surface area contributed by atoms with Crippen LogP contribution in [0.15, 0.2) is 0 Å². The molecule has 1 aliphatic rings. The number of amides is 1. The van der Waals surface area contributed by atoms with E-state index >= 15 is 0 Å². The van der Waals surface area contributed by atoms with Crippen molar-refractivity contribution in [1.82, 2.24) is 10.6 Å². The molecule has 0 saturated heterocycles. The van der Waals surface area contributed by atoms with E-state index in [4.69, 9.17) is 0 Å². The lowest BCUT2D eigenvalue weighted by molar-refractivity contribution is -0.123. The van der Waals surface area contributed by atoms with E-state index in [1.54, 1.807) is 0 Å². The third-order valence-electron chi connectivity index (χ3n) is 3.00. The lowest BCUT2D eigenvalue weighted by Crippen LogP contribution is -2.46. The number of hydrogen-bond acceptors (Lipinski definition) is 2. The third-order valence-corrected chi connectivity index (χ3v) is 3.00. The highest BCUT2D eigenvalue weighted by Crippen LogP contribution is 2.33. The molecule has 2 unspecified atom stereocenters. The summed E-state index contributed by atoms with van der Waals surface area (Å²) in [4.78, 5) is 11.7. The van der Waals surface area contributed by atoms with Crippen molar-refractivity contribution in [2.45, 2.75) is 59.0 Å². The summed E-state index contributed by atoms with van der Waals surface area (Å²) in [6.07, 6.45) is 3.96. The van der Waals surface area contributed by atoms with Gasteiger partial charge in [0.1, 0.15) is 0 Å². The molecule has 1 fully saturated rings. The molecule has 1 saturated carbocycles. The van der Waals surface area contributed by atoms with E-state index in [1.165, 1.54) is 19.3 Å². The minimum Gasteiger partial charge on any atom is -0.354 e. The van der Waals surface area contributed by atoms with Crippen LogP contribution in [0.5, 0.6) is 0 Å². The molecule has 1 rings (SSSR count). The highest BCUT2D eigenvalue weighted by Gasteiger charge is 2.25. The van der Waals surface area contributed by atoms with Crippen molar-refractivity contribution in [3.63, 3.8) is 0 Å². The zero-order chi connectivity index (χ0) is 12.1. The van der Waals surface area contributed by atoms with Gasteiger partial charge in [-0.3, -0.25) is 4.79 Å². The molecule has 2 atom stereocenters. The van der Waals surface area contributed by atoms with E-state index in [-0.39, 0.29) is 11.9 Å². The maximum Gasteiger partial charge on any atom is 0.236 e. The van der Waals surface area contributed by atoms with Gasteiger partial charge in [-0.25, -0.2) is 0 Å². The maximum absolute atomic E-state index is 11.7. The Balaban J connectivity index is 2.16. The first kappa shape index (κ1) is 13.5. The minimum atomic E-state index is -0.0764. The summed E-state index contributed by atoms with van der Waals surface area (Å²) in [7, 11) is 0. The lowest BCUT2D eigenvalue weighted by atomic mass is 10.1. The Morgan fingerprint density at radius 2 is 1.88 bits per heavy atom. The molecule has 0 aromatic heterocycles. The molecule has 0 aromatic rings. The standard InChI is InChI=1S/C13H26N2O/c1-9(2)8-14-13(16)11(4)15-10(3)7-12-5-6-12/h9-12,15H,5-8H2,1-4H3,(H,14,16). The van der Waals surface area contributed by atoms with Crippen molar-refractivity contribution >= 4 is 5.91 Å². The molecule has 1 amide bonds. The van der Waals surface area contributed by atoms with Crippen LogP contribution in [0.3, 0.4) is 0 Å². The smallest absolute Gasteiger partial charge is 0.236 e. The molecule has 2 N–H and O–H groups in total. The van der Waals surface area contributed by atoms with Crippen molar-refractivity contribution in [1.29, 1.82) is 0 Å². The van der Waals surface area contributed by atoms with Crippen LogP contribution in [0.1, 0.15) is 47.0 Å². The van der Waals surface area contributed by atoms with E-state index in [0.717, 1.165) is 12.5 Å². The van der Waals surface area contributed by atoms with Crippen molar-refractivity contribution < 1.29 is 4.79 Å². The molecule has 16 heavy (non-hydrogen) atoms. The molecule has 0 spiro atoms. The molecule has 0 aromatic carbocycles. The topological polar surface area (TPSA) is 41.1 Å². The summed E-state index contributed by atoms with van der Waals surface area (Å²) in [6, 6.07) is 0.375. The summed E-state index contributed by atoms with van der Waals surface area (Å²) < 4.78 is 0. The van der Waals surface area contributed by atoms with Gasteiger partial charge in [0.15, 0.2) is 0 Å². The maximum atomic E-state index is 11.7. The van der Waals surface area contributed by atoms with Crippen molar-refractivity contribution in [3.05, 3.63) is 0 Å². The van der Waals surface area contributed by atoms with E-state index in [9.17, 15) is 4.79 Å². The normalized spacial score (nSPS) is 19.6. The first-order valence-electron chi connectivity index (χ1n) is 6.52. The summed E-state index contributed by atoms with van der Waals surface area (Å²) in [5.41, 5.74) is 0. The number of hydrogen-bond donors (Lipinski definition) is 2. The fourth-order valence-electron chi connectivity index (χ4n) is 1.88. The summed E-state index contributed by atoms with van der Waals surface area (Å²) in [5.74, 6) is 1.55. The average molecular weight is 226 g/mol. The van der Waals surface area contributed by atoms with Crippen LogP contribution < -0.4 is 10.6 Å². The van der Waals surface area contributed by atoms with Gasteiger partial charge in [-0.1, -0.05) is 26.7 Å². The Kier molecular flexibility index (Phi) is 5.26. The predicted molar refractivity (Wildman–Crippen MR) is 67.2 cm³/mol. The quantitative estimate of drug-likeness (QED) is 0.696. The van der Waals surface area contributed by atoms with Crippen molar-refractivity contribution in [3.8, 4) is 0 Å². The SMILES string of the molecule is CC(C)CNC(=O)C(C)NC(C)CC1CC1. The predicted octanol–water partition coefficient (Wildman–Crippen LogP) is 1.93. The van der Waals surface area contributed by atoms with Crippen LogP contribution in [0.4, 0.5) is 0 Å². The zero-order valence-corrected chi connectivity index (χ0v) is 11.0. The van der Waals surface area contributed by atoms with Gasteiger partial charge in [-0.05, 0) is 32.1 Å². The minimum absolute atomic E-state index is 0.0764. The van der Waals surface area contributed by atoms with Crippen molar-refractivity contribution in [2.75, 3.05) is 6.54 Å². The molecule has 3 nitrogen and oxygen atoms in total. The van der Waals surface area contributed by atoms with E-state index in [1.807, 2.05) is 6.92 Å². The van der Waals surface area contributed by atoms with Gasteiger partial charge < -0.3 is 10.6 Å². The van der Waals surface area contributed by atoms with Crippen LogP contribution in [0, 0.1) is 11.8 Å². The van der Waals surface area contributed by atoms with E-state index < -0.39 is 0 Å². The van der Waals surface area contributed by atoms with Gasteiger partial charge in [0, 0.05) is 12.6 Å². The molecule has 0 bridgehead atoms. The van der Waals surface area contributed by atoms with Crippen LogP contribution in [-0.4, -0.2) is 24.5 Å². The number of carbonyl (C=O) groups is 1.